The average Bonchev–Trinajstić information content (AvgIpc) is 3.09. The van der Waals surface area contributed by atoms with E-state index in [0.29, 0.717) is 5.92 Å². The molecule has 0 radical (unpaired) electrons. The van der Waals surface area contributed by atoms with E-state index in [1.807, 2.05) is 30.1 Å². The van der Waals surface area contributed by atoms with Crippen LogP contribution in [0.2, 0.25) is 0 Å². The lowest BCUT2D eigenvalue weighted by Crippen LogP contribution is -2.34. The van der Waals surface area contributed by atoms with Crippen LogP contribution in [-0.4, -0.2) is 48.4 Å². The molecule has 1 aliphatic heterocycles. The summed E-state index contributed by atoms with van der Waals surface area (Å²) in [5.41, 5.74) is 0.991. The van der Waals surface area contributed by atoms with Crippen LogP contribution in [0.25, 0.3) is 0 Å². The summed E-state index contributed by atoms with van der Waals surface area (Å²) in [4.78, 5) is 17.5. The van der Waals surface area contributed by atoms with Crippen LogP contribution in [0.5, 0.6) is 0 Å². The van der Waals surface area contributed by atoms with Crippen molar-refractivity contribution in [1.82, 2.24) is 24.2 Å². The smallest absolute Gasteiger partial charge is 0.325 e. The van der Waals surface area contributed by atoms with E-state index in [1.165, 1.54) is 4.68 Å². The predicted molar refractivity (Wildman–Crippen MR) is 80.3 cm³/mol. The quantitative estimate of drug-likeness (QED) is 0.894. The Bertz CT molecular complexity index is 648. The average molecular weight is 303 g/mol. The molecule has 1 atom stereocenters. The third kappa shape index (κ3) is 3.36. The molecule has 1 unspecified atom stereocenters. The monoisotopic (exact) mass is 303 g/mol. The third-order valence-corrected chi connectivity index (χ3v) is 4.17. The largest absolute Gasteiger partial charge is 0.480 e. The van der Waals surface area contributed by atoms with Crippen molar-refractivity contribution >= 4 is 5.97 Å². The van der Waals surface area contributed by atoms with Gasteiger partial charge >= 0.3 is 5.97 Å². The van der Waals surface area contributed by atoms with Gasteiger partial charge in [-0.25, -0.2) is 4.98 Å². The first-order valence-corrected chi connectivity index (χ1v) is 7.55. The molecule has 1 aliphatic rings. The van der Waals surface area contributed by atoms with Gasteiger partial charge in [0.15, 0.2) is 0 Å². The molecule has 2 aromatic heterocycles. The van der Waals surface area contributed by atoms with Crippen molar-refractivity contribution in [2.45, 2.75) is 31.8 Å². The molecule has 1 N–H and O–H groups in total. The first-order valence-electron chi connectivity index (χ1n) is 7.55. The fraction of sp³-hybridized carbons (Fsp3) is 0.533. The Morgan fingerprint density at radius 2 is 2.32 bits per heavy atom. The van der Waals surface area contributed by atoms with Gasteiger partial charge in [-0.3, -0.25) is 14.4 Å². The topological polar surface area (TPSA) is 76.2 Å². The Kier molecular flexibility index (Phi) is 4.24. The van der Waals surface area contributed by atoms with Gasteiger partial charge in [0, 0.05) is 38.1 Å². The highest BCUT2D eigenvalue weighted by atomic mass is 16.4. The number of nitrogens with zero attached hydrogens (tertiary/aromatic N) is 5. The standard InChI is InChI=1S/C15H21N5O2/c1-18-8-5-16-14(18)10-19-6-2-3-12(9-19)13-4-7-20(17-13)11-15(21)22/h4-5,7-8,12H,2-3,6,9-11H2,1H3,(H,21,22). The lowest BCUT2D eigenvalue weighted by atomic mass is 9.95. The van der Waals surface area contributed by atoms with E-state index in [0.717, 1.165) is 44.0 Å². The summed E-state index contributed by atoms with van der Waals surface area (Å²) in [6, 6.07) is 1.94. The van der Waals surface area contributed by atoms with Crippen LogP contribution in [0.3, 0.4) is 0 Å². The summed E-state index contributed by atoms with van der Waals surface area (Å²) in [5, 5.41) is 13.2. The first-order chi connectivity index (χ1) is 10.6. The number of aromatic nitrogens is 4. The summed E-state index contributed by atoms with van der Waals surface area (Å²) in [6.07, 6.45) is 7.76. The number of piperidine rings is 1. The van der Waals surface area contributed by atoms with E-state index in [1.54, 1.807) is 6.20 Å². The van der Waals surface area contributed by atoms with Gasteiger partial charge in [-0.05, 0) is 25.5 Å². The second kappa shape index (κ2) is 6.31. The lowest BCUT2D eigenvalue weighted by molar-refractivity contribution is -0.137. The maximum atomic E-state index is 10.7. The van der Waals surface area contributed by atoms with E-state index in [9.17, 15) is 4.79 Å². The van der Waals surface area contributed by atoms with Gasteiger partial charge in [-0.2, -0.15) is 5.10 Å². The molecule has 2 aromatic rings. The van der Waals surface area contributed by atoms with Crippen LogP contribution in [-0.2, 0) is 24.9 Å². The summed E-state index contributed by atoms with van der Waals surface area (Å²) < 4.78 is 3.54. The van der Waals surface area contributed by atoms with Crippen LogP contribution < -0.4 is 0 Å². The highest BCUT2D eigenvalue weighted by Crippen LogP contribution is 2.26. The number of carboxylic acids is 1. The fourth-order valence-electron chi connectivity index (χ4n) is 3.01. The summed E-state index contributed by atoms with van der Waals surface area (Å²) >= 11 is 0. The molecule has 3 rings (SSSR count). The zero-order chi connectivity index (χ0) is 15.5. The number of carbonyl (C=O) groups is 1. The molecule has 0 saturated carbocycles. The van der Waals surface area contributed by atoms with E-state index < -0.39 is 5.97 Å². The summed E-state index contributed by atoms with van der Waals surface area (Å²) in [7, 11) is 2.01. The van der Waals surface area contributed by atoms with Crippen molar-refractivity contribution in [1.29, 1.82) is 0 Å². The molecule has 0 aliphatic carbocycles. The molecule has 7 heteroatoms. The van der Waals surface area contributed by atoms with E-state index in [-0.39, 0.29) is 6.54 Å². The van der Waals surface area contributed by atoms with Gasteiger partial charge in [0.05, 0.1) is 12.2 Å². The number of aliphatic carboxylic acids is 1. The highest BCUT2D eigenvalue weighted by molar-refractivity contribution is 5.66. The minimum absolute atomic E-state index is 0.0797. The zero-order valence-corrected chi connectivity index (χ0v) is 12.7. The van der Waals surface area contributed by atoms with Crippen LogP contribution in [0.1, 0.15) is 30.3 Å². The first kappa shape index (κ1) is 14.8. The molecular weight excluding hydrogens is 282 g/mol. The van der Waals surface area contributed by atoms with E-state index in [4.69, 9.17) is 5.11 Å². The third-order valence-electron chi connectivity index (χ3n) is 4.17. The van der Waals surface area contributed by atoms with Crippen molar-refractivity contribution in [3.05, 3.63) is 36.2 Å². The van der Waals surface area contributed by atoms with Crippen molar-refractivity contribution in [2.75, 3.05) is 13.1 Å². The second-order valence-electron chi connectivity index (χ2n) is 5.86. The maximum Gasteiger partial charge on any atom is 0.325 e. The molecule has 0 aromatic carbocycles. The summed E-state index contributed by atoms with van der Waals surface area (Å²) in [6.45, 7) is 2.77. The number of imidazole rings is 1. The number of likely N-dealkylation sites (tertiary alicyclic amines) is 1. The molecule has 1 saturated heterocycles. The fourth-order valence-corrected chi connectivity index (χ4v) is 3.01. The molecular formula is C15H21N5O2. The van der Waals surface area contributed by atoms with Gasteiger partial charge in [-0.1, -0.05) is 0 Å². The molecule has 7 nitrogen and oxygen atoms in total. The molecule has 1 fully saturated rings. The van der Waals surface area contributed by atoms with Gasteiger partial charge in [-0.15, -0.1) is 0 Å². The van der Waals surface area contributed by atoms with Gasteiger partial charge in [0.25, 0.3) is 0 Å². The zero-order valence-electron chi connectivity index (χ0n) is 12.7. The molecule has 22 heavy (non-hydrogen) atoms. The van der Waals surface area contributed by atoms with Gasteiger partial charge in [0.1, 0.15) is 12.4 Å². The van der Waals surface area contributed by atoms with Crippen molar-refractivity contribution < 1.29 is 9.90 Å². The van der Waals surface area contributed by atoms with E-state index in [2.05, 4.69) is 15.0 Å². The number of hydrogen-bond donors (Lipinski definition) is 1. The van der Waals surface area contributed by atoms with Crippen LogP contribution >= 0.6 is 0 Å². The Hall–Kier alpha value is -2.15. The Morgan fingerprint density at radius 3 is 3.05 bits per heavy atom. The molecule has 0 spiro atoms. The summed E-state index contributed by atoms with van der Waals surface area (Å²) in [5.74, 6) is 0.566. The molecule has 3 heterocycles. The van der Waals surface area contributed by atoms with Crippen molar-refractivity contribution in [3.63, 3.8) is 0 Å². The van der Waals surface area contributed by atoms with E-state index >= 15 is 0 Å². The highest BCUT2D eigenvalue weighted by Gasteiger charge is 2.24. The Morgan fingerprint density at radius 1 is 1.45 bits per heavy atom. The number of hydrogen-bond acceptors (Lipinski definition) is 4. The Labute approximate surface area is 129 Å². The number of aryl methyl sites for hydroxylation is 1. The molecule has 0 amide bonds. The Balaban J connectivity index is 1.64. The van der Waals surface area contributed by atoms with Crippen LogP contribution in [0.15, 0.2) is 24.7 Å². The van der Waals surface area contributed by atoms with Gasteiger partial charge in [0.2, 0.25) is 0 Å². The lowest BCUT2D eigenvalue weighted by Gasteiger charge is -2.31. The number of rotatable bonds is 5. The maximum absolute atomic E-state index is 10.7. The minimum Gasteiger partial charge on any atom is -0.480 e. The molecule has 118 valence electrons. The van der Waals surface area contributed by atoms with Crippen molar-refractivity contribution in [2.24, 2.45) is 7.05 Å². The SMILES string of the molecule is Cn1ccnc1CN1CCCC(c2ccn(CC(=O)O)n2)C1. The van der Waals surface area contributed by atoms with Crippen LogP contribution in [0.4, 0.5) is 0 Å². The van der Waals surface area contributed by atoms with Gasteiger partial charge < -0.3 is 9.67 Å². The predicted octanol–water partition coefficient (Wildman–Crippen LogP) is 1.08. The van der Waals surface area contributed by atoms with Crippen LogP contribution in [0, 0.1) is 0 Å². The number of carboxylic acid groups (broad SMARTS) is 1. The molecule has 0 bridgehead atoms. The van der Waals surface area contributed by atoms with Crippen molar-refractivity contribution in [3.8, 4) is 0 Å². The minimum atomic E-state index is -0.866. The normalized spacial score (nSPS) is 19.4. The second-order valence-corrected chi connectivity index (χ2v) is 5.86.